The maximum Gasteiger partial charge on any atom is 0.0992 e. The minimum absolute atomic E-state index is 0.0645. The van der Waals surface area contributed by atoms with Crippen LogP contribution in [-0.4, -0.2) is 66.8 Å². The molecule has 5 nitrogen and oxygen atoms in total. The molecule has 1 atom stereocenters. The van der Waals surface area contributed by atoms with Crippen LogP contribution >= 0.6 is 23.5 Å². The van der Waals surface area contributed by atoms with Gasteiger partial charge in [0, 0.05) is 42.5 Å². The van der Waals surface area contributed by atoms with E-state index in [9.17, 15) is 0 Å². The van der Waals surface area contributed by atoms with Crippen molar-refractivity contribution in [2.45, 2.75) is 35.8 Å². The Balaban J connectivity index is 1.13. The first-order valence-electron chi connectivity index (χ1n) is 9.67. The number of ether oxygens (including phenoxy) is 2. The molecule has 0 aromatic heterocycles. The minimum atomic E-state index is 0.0645. The average molecular weight is 406 g/mol. The second-order valence-corrected chi connectivity index (χ2v) is 10.1. The molecule has 0 saturated carbocycles. The third-order valence-electron chi connectivity index (χ3n) is 6.52. The third-order valence-corrected chi connectivity index (χ3v) is 8.12. The van der Waals surface area contributed by atoms with Gasteiger partial charge < -0.3 is 9.47 Å². The van der Waals surface area contributed by atoms with Gasteiger partial charge in [-0.2, -0.15) is 5.26 Å². The fraction of sp³-hybridized carbons (Fsp3) is 0.650. The normalized spacial score (nSPS) is 29.4. The van der Waals surface area contributed by atoms with Crippen molar-refractivity contribution >= 4 is 23.5 Å². The number of piperidine rings is 1. The highest BCUT2D eigenvalue weighted by Crippen LogP contribution is 2.45. The summed E-state index contributed by atoms with van der Waals surface area (Å²) < 4.78 is 14.1. The molecule has 0 aliphatic carbocycles. The molecule has 1 unspecified atom stereocenters. The number of hydrogen-bond acceptors (Lipinski definition) is 6. The number of likely N-dealkylation sites (tertiary alicyclic amines) is 1. The van der Waals surface area contributed by atoms with Gasteiger partial charge in [0.2, 0.25) is 0 Å². The van der Waals surface area contributed by atoms with Gasteiger partial charge in [0.1, 0.15) is 0 Å². The Hall–Kier alpha value is -0.810. The molecule has 4 fully saturated rings. The van der Waals surface area contributed by atoms with Gasteiger partial charge in [0.25, 0.3) is 0 Å². The van der Waals surface area contributed by atoms with Gasteiger partial charge in [-0.25, -0.2) is 4.31 Å². The summed E-state index contributed by atoms with van der Waals surface area (Å²) in [4.78, 5) is 3.62. The molecule has 4 heterocycles. The lowest BCUT2D eigenvalue weighted by Gasteiger charge is -2.57. The second-order valence-electron chi connectivity index (χ2n) is 8.53. The van der Waals surface area contributed by atoms with Crippen LogP contribution in [0.25, 0.3) is 0 Å². The molecule has 0 amide bonds. The van der Waals surface area contributed by atoms with E-state index in [0.29, 0.717) is 22.0 Å². The predicted octanol–water partition coefficient (Wildman–Crippen LogP) is 3.17. The third kappa shape index (κ3) is 3.39. The smallest absolute Gasteiger partial charge is 0.0992 e. The molecule has 1 aromatic carbocycles. The lowest BCUT2D eigenvalue weighted by molar-refractivity contribution is -0.197. The largest absolute Gasteiger partial charge is 0.380 e. The molecule has 2 spiro atoms. The number of halogens is 1. The SMILES string of the molecule is N#Cc1ccc(SN2CCC3(CC2)CC(N2CC4(COC4)C2)CO3)c(Cl)c1. The van der Waals surface area contributed by atoms with Gasteiger partial charge in [-0.3, -0.25) is 4.90 Å². The van der Waals surface area contributed by atoms with Crippen LogP contribution in [0.5, 0.6) is 0 Å². The monoisotopic (exact) mass is 405 g/mol. The van der Waals surface area contributed by atoms with Crippen LogP contribution in [0.15, 0.2) is 23.1 Å². The Labute approximate surface area is 169 Å². The Morgan fingerprint density at radius 2 is 2.00 bits per heavy atom. The zero-order valence-corrected chi connectivity index (χ0v) is 16.9. The van der Waals surface area contributed by atoms with Gasteiger partial charge in [0.15, 0.2) is 0 Å². The number of rotatable bonds is 3. The second kappa shape index (κ2) is 6.91. The van der Waals surface area contributed by atoms with Gasteiger partial charge in [-0.05, 0) is 49.4 Å². The van der Waals surface area contributed by atoms with E-state index in [1.165, 1.54) is 19.5 Å². The maximum absolute atomic E-state index is 8.97. The van der Waals surface area contributed by atoms with E-state index in [0.717, 1.165) is 50.6 Å². The first-order chi connectivity index (χ1) is 13.1. The highest BCUT2D eigenvalue weighted by Gasteiger charge is 2.54. The van der Waals surface area contributed by atoms with Gasteiger partial charge in [-0.15, -0.1) is 0 Å². The zero-order chi connectivity index (χ0) is 18.5. The zero-order valence-electron chi connectivity index (χ0n) is 15.3. The van der Waals surface area contributed by atoms with Crippen molar-refractivity contribution in [1.82, 2.24) is 9.21 Å². The van der Waals surface area contributed by atoms with Crippen LogP contribution in [0.2, 0.25) is 5.02 Å². The molecule has 0 bridgehead atoms. The number of hydrogen-bond donors (Lipinski definition) is 0. The maximum atomic E-state index is 8.97. The summed E-state index contributed by atoms with van der Waals surface area (Å²) in [5, 5.41) is 9.63. The van der Waals surface area contributed by atoms with Gasteiger partial charge in [0.05, 0.1) is 42.1 Å². The van der Waals surface area contributed by atoms with E-state index in [1.54, 1.807) is 18.0 Å². The number of benzene rings is 1. The van der Waals surface area contributed by atoms with Crippen molar-refractivity contribution in [1.29, 1.82) is 5.26 Å². The fourth-order valence-electron chi connectivity index (χ4n) is 4.82. The fourth-order valence-corrected chi connectivity index (χ4v) is 6.02. The van der Waals surface area contributed by atoms with Crippen LogP contribution in [0, 0.1) is 16.7 Å². The molecule has 4 aliphatic rings. The lowest BCUT2D eigenvalue weighted by atomic mass is 9.76. The molecule has 1 aromatic rings. The number of nitriles is 1. The summed E-state index contributed by atoms with van der Waals surface area (Å²) in [6.07, 6.45) is 3.32. The van der Waals surface area contributed by atoms with E-state index >= 15 is 0 Å². The van der Waals surface area contributed by atoms with Crippen molar-refractivity contribution < 1.29 is 9.47 Å². The Kier molecular flexibility index (Phi) is 4.67. The van der Waals surface area contributed by atoms with Crippen molar-refractivity contribution in [2.75, 3.05) is 46.0 Å². The molecule has 4 aliphatic heterocycles. The molecule has 0 N–H and O–H groups in total. The summed E-state index contributed by atoms with van der Waals surface area (Å²) >= 11 is 8.02. The highest BCUT2D eigenvalue weighted by molar-refractivity contribution is 7.97. The van der Waals surface area contributed by atoms with E-state index < -0.39 is 0 Å². The summed E-state index contributed by atoms with van der Waals surface area (Å²) in [7, 11) is 0. The lowest BCUT2D eigenvalue weighted by Crippen LogP contribution is -2.68. The first kappa shape index (κ1) is 18.2. The van der Waals surface area contributed by atoms with Crippen molar-refractivity contribution in [3.05, 3.63) is 28.8 Å². The van der Waals surface area contributed by atoms with E-state index in [4.69, 9.17) is 26.3 Å². The standard InChI is InChI=1S/C20H24ClN3O2S/c21-17-7-15(9-22)1-2-18(17)27-24-5-3-20(4-6-24)8-16(10-26-20)23-11-19(12-23)13-25-14-19/h1-2,7,16H,3-6,8,10-14H2. The van der Waals surface area contributed by atoms with Crippen molar-refractivity contribution in [2.24, 2.45) is 5.41 Å². The molecular formula is C20H24ClN3O2S. The van der Waals surface area contributed by atoms with Crippen LogP contribution in [0.3, 0.4) is 0 Å². The van der Waals surface area contributed by atoms with Crippen LogP contribution in [0.1, 0.15) is 24.8 Å². The van der Waals surface area contributed by atoms with Gasteiger partial charge >= 0.3 is 0 Å². The van der Waals surface area contributed by atoms with Gasteiger partial charge in [-0.1, -0.05) is 11.6 Å². The molecule has 7 heteroatoms. The Bertz CT molecular complexity index is 763. The average Bonchev–Trinajstić information content (AvgIpc) is 3.00. The first-order valence-corrected chi connectivity index (χ1v) is 10.8. The molecule has 27 heavy (non-hydrogen) atoms. The Morgan fingerprint density at radius 1 is 1.22 bits per heavy atom. The van der Waals surface area contributed by atoms with Crippen LogP contribution < -0.4 is 0 Å². The highest BCUT2D eigenvalue weighted by atomic mass is 35.5. The van der Waals surface area contributed by atoms with Crippen molar-refractivity contribution in [3.8, 4) is 6.07 Å². The summed E-state index contributed by atoms with van der Waals surface area (Å²) in [6, 6.07) is 8.24. The summed E-state index contributed by atoms with van der Waals surface area (Å²) in [6.45, 7) is 7.17. The summed E-state index contributed by atoms with van der Waals surface area (Å²) in [5.41, 5.74) is 1.15. The van der Waals surface area contributed by atoms with Crippen molar-refractivity contribution in [3.63, 3.8) is 0 Å². The minimum Gasteiger partial charge on any atom is -0.380 e. The Morgan fingerprint density at radius 3 is 2.63 bits per heavy atom. The molecule has 144 valence electrons. The molecule has 4 saturated heterocycles. The molecule has 0 radical (unpaired) electrons. The topological polar surface area (TPSA) is 48.7 Å². The van der Waals surface area contributed by atoms with E-state index in [2.05, 4.69) is 15.3 Å². The molecule has 5 rings (SSSR count). The van der Waals surface area contributed by atoms with E-state index in [-0.39, 0.29) is 5.60 Å². The van der Waals surface area contributed by atoms with Crippen LogP contribution in [0.4, 0.5) is 0 Å². The summed E-state index contributed by atoms with van der Waals surface area (Å²) in [5.74, 6) is 0. The van der Waals surface area contributed by atoms with Crippen LogP contribution in [-0.2, 0) is 9.47 Å². The predicted molar refractivity (Wildman–Crippen MR) is 105 cm³/mol. The number of nitrogens with zero attached hydrogens (tertiary/aromatic N) is 3. The van der Waals surface area contributed by atoms with E-state index in [1.807, 2.05) is 12.1 Å². The molecular weight excluding hydrogens is 382 g/mol. The quantitative estimate of drug-likeness (QED) is 0.720.